The molecule has 0 saturated carbocycles. The van der Waals surface area contributed by atoms with Crippen LogP contribution in [-0.2, 0) is 0 Å². The van der Waals surface area contributed by atoms with E-state index >= 15 is 0 Å². The highest BCUT2D eigenvalue weighted by Gasteiger charge is 2.32. The van der Waals surface area contributed by atoms with Crippen molar-refractivity contribution in [3.05, 3.63) is 0 Å². The normalized spacial score (nSPS) is 30.8. The van der Waals surface area contributed by atoms with Crippen molar-refractivity contribution in [1.82, 2.24) is 5.32 Å². The van der Waals surface area contributed by atoms with Crippen molar-refractivity contribution in [3.8, 4) is 0 Å². The maximum Gasteiger partial charge on any atom is 0.408 e. The van der Waals surface area contributed by atoms with Crippen LogP contribution in [0.15, 0.2) is 4.99 Å². The fourth-order valence-electron chi connectivity index (χ4n) is 0.995. The van der Waals surface area contributed by atoms with Gasteiger partial charge in [-0.3, -0.25) is 4.99 Å². The third-order valence-electron chi connectivity index (χ3n) is 2.12. The minimum absolute atomic E-state index is 0.102. The molecule has 1 N–H and O–H groups in total. The van der Waals surface area contributed by atoms with E-state index in [1.807, 2.05) is 13.8 Å². The molecule has 0 aromatic rings. The van der Waals surface area contributed by atoms with E-state index in [2.05, 4.69) is 10.3 Å². The lowest BCUT2D eigenvalue weighted by Crippen LogP contribution is -2.39. The molecule has 1 heterocycles. The standard InChI is InChI=1S/C8H13F3N2S/c1-3-7(2)5-14-6(13-7)12-4-8(9,10)11/h3-5H2,1-2H3,(H,12,13). The van der Waals surface area contributed by atoms with Gasteiger partial charge in [-0.05, 0) is 13.3 Å². The topological polar surface area (TPSA) is 24.4 Å². The molecule has 0 aromatic heterocycles. The molecule has 2 nitrogen and oxygen atoms in total. The predicted octanol–water partition coefficient (Wildman–Crippen LogP) is 2.41. The van der Waals surface area contributed by atoms with Gasteiger partial charge >= 0.3 is 6.18 Å². The van der Waals surface area contributed by atoms with Crippen molar-refractivity contribution in [2.24, 2.45) is 4.99 Å². The molecule has 1 aliphatic rings. The molecule has 6 heteroatoms. The lowest BCUT2D eigenvalue weighted by Gasteiger charge is -2.20. The fourth-order valence-corrected chi connectivity index (χ4v) is 2.20. The Morgan fingerprint density at radius 2 is 2.21 bits per heavy atom. The summed E-state index contributed by atoms with van der Waals surface area (Å²) >= 11 is 1.35. The van der Waals surface area contributed by atoms with Gasteiger partial charge in [0.2, 0.25) is 0 Å². The third-order valence-corrected chi connectivity index (χ3v) is 3.40. The van der Waals surface area contributed by atoms with E-state index in [4.69, 9.17) is 0 Å². The summed E-state index contributed by atoms with van der Waals surface area (Å²) in [5.74, 6) is 0.778. The zero-order valence-corrected chi connectivity index (χ0v) is 8.93. The van der Waals surface area contributed by atoms with Gasteiger partial charge in [-0.1, -0.05) is 18.7 Å². The Morgan fingerprint density at radius 3 is 2.64 bits per heavy atom. The molecule has 0 aliphatic carbocycles. The summed E-state index contributed by atoms with van der Waals surface area (Å²) in [5.41, 5.74) is -0.102. The highest BCUT2D eigenvalue weighted by Crippen LogP contribution is 2.26. The quantitative estimate of drug-likeness (QED) is 0.782. The van der Waals surface area contributed by atoms with E-state index in [1.54, 1.807) is 0 Å². The van der Waals surface area contributed by atoms with Crippen molar-refractivity contribution in [1.29, 1.82) is 0 Å². The van der Waals surface area contributed by atoms with Crippen LogP contribution < -0.4 is 5.32 Å². The molecule has 0 radical (unpaired) electrons. The lowest BCUT2D eigenvalue weighted by molar-refractivity contribution is -0.118. The van der Waals surface area contributed by atoms with Gasteiger partial charge in [-0.15, -0.1) is 0 Å². The predicted molar refractivity (Wildman–Crippen MR) is 52.6 cm³/mol. The number of nitrogens with one attached hydrogen (secondary N) is 1. The van der Waals surface area contributed by atoms with E-state index in [-0.39, 0.29) is 5.54 Å². The second kappa shape index (κ2) is 4.00. The molecule has 82 valence electrons. The van der Waals surface area contributed by atoms with Gasteiger partial charge in [0, 0.05) is 11.3 Å². The van der Waals surface area contributed by atoms with Gasteiger partial charge < -0.3 is 5.32 Å². The molecule has 1 fully saturated rings. The van der Waals surface area contributed by atoms with Gasteiger partial charge in [-0.25, -0.2) is 0 Å². The first-order valence-electron chi connectivity index (χ1n) is 4.37. The number of hydrogen-bond donors (Lipinski definition) is 1. The number of thioether (sulfide) groups is 1. The van der Waals surface area contributed by atoms with Crippen LogP contribution in [0.2, 0.25) is 0 Å². The summed E-state index contributed by atoms with van der Waals surface area (Å²) in [6.45, 7) is 2.89. The first-order chi connectivity index (χ1) is 6.35. The first-order valence-corrected chi connectivity index (χ1v) is 5.35. The number of aliphatic imine (C=N–C) groups is 1. The number of alkyl halides is 3. The van der Waals surface area contributed by atoms with Crippen LogP contribution in [0.5, 0.6) is 0 Å². The molecule has 0 amide bonds. The molecule has 1 atom stereocenters. The van der Waals surface area contributed by atoms with Crippen molar-refractivity contribution in [3.63, 3.8) is 0 Å². The van der Waals surface area contributed by atoms with E-state index in [9.17, 15) is 13.2 Å². The van der Waals surface area contributed by atoms with Crippen LogP contribution in [0, 0.1) is 0 Å². The molecule has 0 aromatic carbocycles. The first kappa shape index (κ1) is 11.7. The number of rotatable bonds is 2. The molecular formula is C8H13F3N2S. The number of amidine groups is 1. The smallest absolute Gasteiger partial charge is 0.359 e. The summed E-state index contributed by atoms with van der Waals surface area (Å²) in [5, 5.41) is 3.41. The van der Waals surface area contributed by atoms with Gasteiger partial charge in [-0.2, -0.15) is 13.2 Å². The van der Waals surface area contributed by atoms with Crippen LogP contribution in [0.1, 0.15) is 20.3 Å². The van der Waals surface area contributed by atoms with Gasteiger partial charge in [0.05, 0.1) is 0 Å². The highest BCUT2D eigenvalue weighted by molar-refractivity contribution is 8.14. The maximum atomic E-state index is 11.8. The monoisotopic (exact) mass is 226 g/mol. The Bertz CT molecular complexity index is 239. The minimum Gasteiger partial charge on any atom is -0.359 e. The van der Waals surface area contributed by atoms with Crippen LogP contribution in [0.4, 0.5) is 13.2 Å². The SMILES string of the molecule is CCC1(C)CSC(=NCC(F)(F)F)N1. The fraction of sp³-hybridized carbons (Fsp3) is 0.875. The van der Waals surface area contributed by atoms with Crippen molar-refractivity contribution >= 4 is 16.9 Å². The Morgan fingerprint density at radius 1 is 1.57 bits per heavy atom. The molecule has 1 saturated heterocycles. The Hall–Kier alpha value is -0.390. The second-order valence-electron chi connectivity index (χ2n) is 3.56. The Balaban J connectivity index is 2.50. The zero-order chi connectivity index (χ0) is 10.8. The van der Waals surface area contributed by atoms with Crippen LogP contribution in [0.25, 0.3) is 0 Å². The van der Waals surface area contributed by atoms with E-state index in [0.29, 0.717) is 5.17 Å². The van der Waals surface area contributed by atoms with Crippen molar-refractivity contribution in [2.45, 2.75) is 32.0 Å². The molecule has 14 heavy (non-hydrogen) atoms. The van der Waals surface area contributed by atoms with Crippen LogP contribution >= 0.6 is 11.8 Å². The van der Waals surface area contributed by atoms with Crippen molar-refractivity contribution < 1.29 is 13.2 Å². The molecule has 0 spiro atoms. The van der Waals surface area contributed by atoms with Gasteiger partial charge in [0.1, 0.15) is 6.54 Å². The largest absolute Gasteiger partial charge is 0.408 e. The average Bonchev–Trinajstić information content (AvgIpc) is 2.44. The van der Waals surface area contributed by atoms with E-state index in [1.165, 1.54) is 11.8 Å². The summed E-state index contributed by atoms with van der Waals surface area (Å²) in [7, 11) is 0. The Kier molecular flexibility index (Phi) is 3.34. The van der Waals surface area contributed by atoms with Crippen molar-refractivity contribution in [2.75, 3.05) is 12.3 Å². The molecule has 1 unspecified atom stereocenters. The number of halogens is 3. The maximum absolute atomic E-state index is 11.8. The Labute approximate surface area is 85.4 Å². The van der Waals surface area contributed by atoms with E-state index < -0.39 is 12.7 Å². The van der Waals surface area contributed by atoms with Gasteiger partial charge in [0.15, 0.2) is 5.17 Å². The number of hydrogen-bond acceptors (Lipinski definition) is 2. The summed E-state index contributed by atoms with van der Waals surface area (Å²) in [4.78, 5) is 3.48. The molecule has 0 bridgehead atoms. The molecular weight excluding hydrogens is 213 g/mol. The average molecular weight is 226 g/mol. The molecule has 1 aliphatic heterocycles. The third kappa shape index (κ3) is 3.40. The zero-order valence-electron chi connectivity index (χ0n) is 8.11. The van der Waals surface area contributed by atoms with Crippen LogP contribution in [-0.4, -0.2) is 29.2 Å². The number of nitrogens with zero attached hydrogens (tertiary/aromatic N) is 1. The minimum atomic E-state index is -4.21. The summed E-state index contributed by atoms with van der Waals surface area (Å²) in [6.07, 6.45) is -3.33. The highest BCUT2D eigenvalue weighted by atomic mass is 32.2. The van der Waals surface area contributed by atoms with Gasteiger partial charge in [0.25, 0.3) is 0 Å². The molecule has 1 rings (SSSR count). The summed E-state index contributed by atoms with van der Waals surface area (Å²) < 4.78 is 35.5. The lowest BCUT2D eigenvalue weighted by atomic mass is 10.0. The van der Waals surface area contributed by atoms with Crippen LogP contribution in [0.3, 0.4) is 0 Å². The second-order valence-corrected chi connectivity index (χ2v) is 4.53. The van der Waals surface area contributed by atoms with E-state index in [0.717, 1.165) is 12.2 Å². The summed E-state index contributed by atoms with van der Waals surface area (Å²) in [6, 6.07) is 0.